The van der Waals surface area contributed by atoms with Crippen LogP contribution in [0.25, 0.3) is 0 Å². The Morgan fingerprint density at radius 2 is 2.16 bits per heavy atom. The molecule has 1 aromatic carbocycles. The van der Waals surface area contributed by atoms with E-state index in [-0.39, 0.29) is 5.91 Å². The average molecular weight is 265 g/mol. The lowest BCUT2D eigenvalue weighted by Crippen LogP contribution is -2.30. The second-order valence-corrected chi connectivity index (χ2v) is 4.20. The molecule has 0 aliphatic rings. The Balaban J connectivity index is 2.36. The van der Waals surface area contributed by atoms with Crippen molar-refractivity contribution in [1.82, 2.24) is 10.6 Å². The molecular weight excluding hydrogens is 242 g/mol. The maximum atomic E-state index is 11.7. The Morgan fingerprint density at radius 1 is 1.32 bits per heavy atom. The predicted molar refractivity (Wildman–Crippen MR) is 77.2 cm³/mol. The minimum atomic E-state index is -0.0447. The molecule has 0 radical (unpaired) electrons. The minimum absolute atomic E-state index is 0.0447. The average Bonchev–Trinajstić information content (AvgIpc) is 2.42. The summed E-state index contributed by atoms with van der Waals surface area (Å²) in [7, 11) is 1.64. The van der Waals surface area contributed by atoms with Gasteiger partial charge in [0.25, 0.3) is 0 Å². The highest BCUT2D eigenvalue weighted by Gasteiger charge is 2.02. The van der Waals surface area contributed by atoms with E-state index in [4.69, 9.17) is 4.74 Å². The van der Waals surface area contributed by atoms with E-state index in [1.807, 2.05) is 24.3 Å². The van der Waals surface area contributed by atoms with Crippen molar-refractivity contribution in [2.75, 3.05) is 38.7 Å². The van der Waals surface area contributed by atoms with E-state index in [0.717, 1.165) is 24.3 Å². The van der Waals surface area contributed by atoms with Gasteiger partial charge in [0, 0.05) is 25.9 Å². The number of hydrogen-bond donors (Lipinski definition) is 3. The Labute approximate surface area is 114 Å². The monoisotopic (exact) mass is 265 g/mol. The quantitative estimate of drug-likeness (QED) is 0.582. The molecule has 0 fully saturated rings. The molecule has 0 saturated carbocycles. The van der Waals surface area contributed by atoms with Gasteiger partial charge < -0.3 is 20.7 Å². The molecule has 0 aliphatic heterocycles. The van der Waals surface area contributed by atoms with E-state index in [1.165, 1.54) is 0 Å². The van der Waals surface area contributed by atoms with Gasteiger partial charge in [0.15, 0.2) is 0 Å². The molecule has 1 rings (SSSR count). The maximum Gasteiger partial charge on any atom is 0.238 e. The van der Waals surface area contributed by atoms with Crippen LogP contribution in [0.15, 0.2) is 24.3 Å². The smallest absolute Gasteiger partial charge is 0.238 e. The molecule has 0 aliphatic carbocycles. The van der Waals surface area contributed by atoms with Crippen molar-refractivity contribution in [3.63, 3.8) is 0 Å². The number of carbonyl (C=O) groups excluding carboxylic acids is 1. The number of rotatable bonds is 9. The number of amides is 1. The highest BCUT2D eigenvalue weighted by atomic mass is 16.5. The second kappa shape index (κ2) is 9.49. The summed E-state index contributed by atoms with van der Waals surface area (Å²) in [4.78, 5) is 11.7. The number of methoxy groups -OCH3 is 1. The topological polar surface area (TPSA) is 62.4 Å². The van der Waals surface area contributed by atoms with Crippen LogP contribution in [0.2, 0.25) is 0 Å². The lowest BCUT2D eigenvalue weighted by Gasteiger charge is -2.08. The molecule has 0 atom stereocenters. The summed E-state index contributed by atoms with van der Waals surface area (Å²) in [6, 6.07) is 7.86. The largest absolute Gasteiger partial charge is 0.383 e. The summed E-state index contributed by atoms with van der Waals surface area (Å²) in [5, 5.41) is 9.13. The van der Waals surface area contributed by atoms with Crippen molar-refractivity contribution in [3.05, 3.63) is 29.8 Å². The lowest BCUT2D eigenvalue weighted by molar-refractivity contribution is -0.115. The molecule has 5 heteroatoms. The molecule has 1 aromatic rings. The number of anilines is 1. The van der Waals surface area contributed by atoms with Crippen LogP contribution in [0, 0.1) is 0 Å². The number of benzene rings is 1. The van der Waals surface area contributed by atoms with Crippen LogP contribution in [0.3, 0.4) is 0 Å². The molecule has 5 nitrogen and oxygen atoms in total. The van der Waals surface area contributed by atoms with Crippen molar-refractivity contribution in [2.45, 2.75) is 13.5 Å². The summed E-state index contributed by atoms with van der Waals surface area (Å²) in [6.45, 7) is 5.38. The first-order valence-corrected chi connectivity index (χ1v) is 6.55. The molecule has 19 heavy (non-hydrogen) atoms. The van der Waals surface area contributed by atoms with Crippen LogP contribution in [0.4, 0.5) is 5.69 Å². The zero-order valence-corrected chi connectivity index (χ0v) is 11.7. The van der Waals surface area contributed by atoms with Crippen molar-refractivity contribution >= 4 is 11.6 Å². The fraction of sp³-hybridized carbons (Fsp3) is 0.500. The van der Waals surface area contributed by atoms with Gasteiger partial charge in [-0.25, -0.2) is 0 Å². The third kappa shape index (κ3) is 6.91. The van der Waals surface area contributed by atoms with Crippen LogP contribution in [0.5, 0.6) is 0 Å². The van der Waals surface area contributed by atoms with Crippen LogP contribution < -0.4 is 16.0 Å². The standard InChI is InChI=1S/C14H23N3O2/c1-3-15-10-12-5-4-6-13(9-12)17-14(18)11-16-7-8-19-2/h4-6,9,15-16H,3,7-8,10-11H2,1-2H3,(H,17,18). The van der Waals surface area contributed by atoms with E-state index >= 15 is 0 Å². The van der Waals surface area contributed by atoms with E-state index in [9.17, 15) is 4.79 Å². The van der Waals surface area contributed by atoms with Crippen molar-refractivity contribution in [3.8, 4) is 0 Å². The van der Waals surface area contributed by atoms with Gasteiger partial charge in [0.2, 0.25) is 5.91 Å². The SMILES string of the molecule is CCNCc1cccc(NC(=O)CNCCOC)c1. The zero-order chi connectivity index (χ0) is 13.9. The van der Waals surface area contributed by atoms with E-state index in [1.54, 1.807) is 7.11 Å². The van der Waals surface area contributed by atoms with Crippen LogP contribution >= 0.6 is 0 Å². The Kier molecular flexibility index (Phi) is 7.81. The molecule has 1 amide bonds. The molecule has 0 spiro atoms. The van der Waals surface area contributed by atoms with Crippen LogP contribution in [-0.4, -0.2) is 39.3 Å². The third-order valence-electron chi connectivity index (χ3n) is 2.56. The highest BCUT2D eigenvalue weighted by molar-refractivity contribution is 5.92. The summed E-state index contributed by atoms with van der Waals surface area (Å²) in [6.07, 6.45) is 0. The number of hydrogen-bond acceptors (Lipinski definition) is 4. The molecule has 0 bridgehead atoms. The Bertz CT molecular complexity index is 383. The normalized spacial score (nSPS) is 10.4. The first-order valence-electron chi connectivity index (χ1n) is 6.55. The molecule has 0 unspecified atom stereocenters. The maximum absolute atomic E-state index is 11.7. The summed E-state index contributed by atoms with van der Waals surface area (Å²) in [5.74, 6) is -0.0447. The fourth-order valence-corrected chi connectivity index (χ4v) is 1.61. The van der Waals surface area contributed by atoms with E-state index in [0.29, 0.717) is 19.7 Å². The van der Waals surface area contributed by atoms with E-state index in [2.05, 4.69) is 22.9 Å². The van der Waals surface area contributed by atoms with Crippen LogP contribution in [-0.2, 0) is 16.1 Å². The summed E-state index contributed by atoms with van der Waals surface area (Å²) in [5.41, 5.74) is 1.99. The first kappa shape index (κ1) is 15.6. The number of ether oxygens (including phenoxy) is 1. The first-order chi connectivity index (χ1) is 9.26. The lowest BCUT2D eigenvalue weighted by atomic mass is 10.2. The van der Waals surface area contributed by atoms with Crippen molar-refractivity contribution in [2.24, 2.45) is 0 Å². The Morgan fingerprint density at radius 3 is 2.89 bits per heavy atom. The number of nitrogens with one attached hydrogen (secondary N) is 3. The molecule has 106 valence electrons. The van der Waals surface area contributed by atoms with Gasteiger partial charge in [-0.1, -0.05) is 19.1 Å². The van der Waals surface area contributed by atoms with Crippen molar-refractivity contribution < 1.29 is 9.53 Å². The molecular formula is C14H23N3O2. The van der Waals surface area contributed by atoms with Gasteiger partial charge in [-0.15, -0.1) is 0 Å². The van der Waals surface area contributed by atoms with Gasteiger partial charge in [-0.2, -0.15) is 0 Å². The molecule has 3 N–H and O–H groups in total. The van der Waals surface area contributed by atoms with Gasteiger partial charge in [-0.3, -0.25) is 4.79 Å². The van der Waals surface area contributed by atoms with Gasteiger partial charge in [0.05, 0.1) is 13.2 Å². The van der Waals surface area contributed by atoms with Crippen LogP contribution in [0.1, 0.15) is 12.5 Å². The molecule has 0 aromatic heterocycles. The predicted octanol–water partition coefficient (Wildman–Crippen LogP) is 0.971. The van der Waals surface area contributed by atoms with Crippen molar-refractivity contribution in [1.29, 1.82) is 0 Å². The molecule has 0 heterocycles. The minimum Gasteiger partial charge on any atom is -0.383 e. The molecule has 0 saturated heterocycles. The summed E-state index contributed by atoms with van der Waals surface area (Å²) < 4.78 is 4.89. The van der Waals surface area contributed by atoms with Gasteiger partial charge in [0.1, 0.15) is 0 Å². The third-order valence-corrected chi connectivity index (χ3v) is 2.56. The van der Waals surface area contributed by atoms with Gasteiger partial charge >= 0.3 is 0 Å². The zero-order valence-electron chi connectivity index (χ0n) is 11.7. The highest BCUT2D eigenvalue weighted by Crippen LogP contribution is 2.10. The van der Waals surface area contributed by atoms with Gasteiger partial charge in [-0.05, 0) is 24.2 Å². The second-order valence-electron chi connectivity index (χ2n) is 4.20. The Hall–Kier alpha value is -1.43. The van der Waals surface area contributed by atoms with E-state index < -0.39 is 0 Å². The summed E-state index contributed by atoms with van der Waals surface area (Å²) >= 11 is 0. The number of carbonyl (C=O) groups is 1. The fourth-order valence-electron chi connectivity index (χ4n) is 1.61.